The average Bonchev–Trinajstić information content (AvgIpc) is 2.93. The van der Waals surface area contributed by atoms with Crippen LogP contribution in [-0.2, 0) is 19.7 Å². The number of hydrogen-bond donors (Lipinski definition) is 0. The summed E-state index contributed by atoms with van der Waals surface area (Å²) in [6.45, 7) is 0.304. The molecule has 0 N–H and O–H groups in total. The van der Waals surface area contributed by atoms with Gasteiger partial charge in [0.1, 0.15) is 18.1 Å². The second kappa shape index (κ2) is 5.19. The van der Waals surface area contributed by atoms with Crippen molar-refractivity contribution >= 4 is 6.29 Å². The highest BCUT2D eigenvalue weighted by atomic mass is 16.5. The molecule has 3 atom stereocenters. The van der Waals surface area contributed by atoms with Gasteiger partial charge in [-0.3, -0.25) is 0 Å². The highest BCUT2D eigenvalue weighted by Crippen LogP contribution is 2.44. The summed E-state index contributed by atoms with van der Waals surface area (Å²) in [5.41, 5.74) is 0.616. The fourth-order valence-corrected chi connectivity index (χ4v) is 3.10. The van der Waals surface area contributed by atoms with Gasteiger partial charge in [-0.25, -0.2) is 0 Å². The Kier molecular flexibility index (Phi) is 3.36. The first-order valence-corrected chi connectivity index (χ1v) is 6.76. The standard InChI is InChI=1S/C17H15NO3/c1-20-15-8-16-14(7-12(15)9-18)17(10-19,11-21-16)13-5-3-2-4-6-13/h2-8,10,14,16H,11H2,1H3. The zero-order valence-corrected chi connectivity index (χ0v) is 11.7. The van der Waals surface area contributed by atoms with Crippen molar-refractivity contribution in [2.24, 2.45) is 5.92 Å². The molecule has 4 heteroatoms. The molecule has 1 aliphatic carbocycles. The maximum atomic E-state index is 11.9. The molecule has 1 aromatic rings. The maximum Gasteiger partial charge on any atom is 0.134 e. The third kappa shape index (κ3) is 1.98. The first-order chi connectivity index (χ1) is 10.2. The lowest BCUT2D eigenvalue weighted by molar-refractivity contribution is -0.113. The van der Waals surface area contributed by atoms with Gasteiger partial charge in [-0.1, -0.05) is 36.4 Å². The molecule has 1 saturated heterocycles. The molecule has 3 unspecified atom stereocenters. The predicted octanol–water partition coefficient (Wildman–Crippen LogP) is 2.13. The minimum Gasteiger partial charge on any atom is -0.496 e. The van der Waals surface area contributed by atoms with Crippen LogP contribution >= 0.6 is 0 Å². The van der Waals surface area contributed by atoms with Gasteiger partial charge in [-0.2, -0.15) is 5.26 Å². The molecule has 1 fully saturated rings. The minimum atomic E-state index is -0.746. The van der Waals surface area contributed by atoms with Gasteiger partial charge >= 0.3 is 0 Å². The lowest BCUT2D eigenvalue weighted by Gasteiger charge is -2.30. The summed E-state index contributed by atoms with van der Waals surface area (Å²) in [4.78, 5) is 11.9. The fourth-order valence-electron chi connectivity index (χ4n) is 3.10. The molecule has 106 valence electrons. The lowest BCUT2D eigenvalue weighted by Crippen LogP contribution is -2.38. The Morgan fingerprint density at radius 1 is 1.38 bits per heavy atom. The smallest absolute Gasteiger partial charge is 0.134 e. The number of nitrogens with zero attached hydrogens (tertiary/aromatic N) is 1. The van der Waals surface area contributed by atoms with E-state index in [4.69, 9.17) is 9.47 Å². The van der Waals surface area contributed by atoms with E-state index in [0.717, 1.165) is 11.8 Å². The van der Waals surface area contributed by atoms with Gasteiger partial charge in [0.15, 0.2) is 0 Å². The van der Waals surface area contributed by atoms with Crippen molar-refractivity contribution in [2.45, 2.75) is 11.5 Å². The monoisotopic (exact) mass is 281 g/mol. The Morgan fingerprint density at radius 2 is 2.14 bits per heavy atom. The summed E-state index contributed by atoms with van der Waals surface area (Å²) in [6.07, 6.45) is 4.29. The van der Waals surface area contributed by atoms with E-state index in [1.165, 1.54) is 7.11 Å². The highest BCUT2D eigenvalue weighted by molar-refractivity contribution is 5.72. The summed E-state index contributed by atoms with van der Waals surface area (Å²) < 4.78 is 11.0. The van der Waals surface area contributed by atoms with Crippen LogP contribution in [0, 0.1) is 17.2 Å². The minimum absolute atomic E-state index is 0.189. The Balaban J connectivity index is 2.08. The molecule has 2 aliphatic rings. The predicted molar refractivity (Wildman–Crippen MR) is 76.2 cm³/mol. The molecule has 0 bridgehead atoms. The molecule has 0 spiro atoms. The van der Waals surface area contributed by atoms with Crippen LogP contribution in [0.15, 0.2) is 53.8 Å². The van der Waals surface area contributed by atoms with Crippen molar-refractivity contribution in [1.29, 1.82) is 5.26 Å². The van der Waals surface area contributed by atoms with Crippen LogP contribution in [0.1, 0.15) is 5.56 Å². The zero-order chi connectivity index (χ0) is 14.9. The van der Waals surface area contributed by atoms with Crippen molar-refractivity contribution < 1.29 is 14.3 Å². The summed E-state index contributed by atoms with van der Waals surface area (Å²) in [5.74, 6) is 0.319. The van der Waals surface area contributed by atoms with Crippen LogP contribution in [0.4, 0.5) is 0 Å². The summed E-state index contributed by atoms with van der Waals surface area (Å²) >= 11 is 0. The normalized spacial score (nSPS) is 30.7. The summed E-state index contributed by atoms with van der Waals surface area (Å²) in [6, 6.07) is 11.7. The fraction of sp³-hybridized carbons (Fsp3) is 0.294. The van der Waals surface area contributed by atoms with Crippen LogP contribution in [0.2, 0.25) is 0 Å². The second-order valence-electron chi connectivity index (χ2n) is 5.25. The largest absolute Gasteiger partial charge is 0.496 e. The van der Waals surface area contributed by atoms with Gasteiger partial charge in [0, 0.05) is 5.92 Å². The van der Waals surface area contributed by atoms with Gasteiger partial charge in [0.25, 0.3) is 0 Å². The van der Waals surface area contributed by atoms with E-state index in [2.05, 4.69) is 6.07 Å². The van der Waals surface area contributed by atoms with E-state index in [0.29, 0.717) is 17.9 Å². The SMILES string of the molecule is COC1=CC2OCC(C=O)(c3ccccc3)C2C=C1C#N. The van der Waals surface area contributed by atoms with Gasteiger partial charge in [0.2, 0.25) is 0 Å². The van der Waals surface area contributed by atoms with E-state index in [9.17, 15) is 10.1 Å². The van der Waals surface area contributed by atoms with E-state index in [1.807, 2.05) is 30.3 Å². The lowest BCUT2D eigenvalue weighted by atomic mass is 9.69. The number of methoxy groups -OCH3 is 1. The van der Waals surface area contributed by atoms with E-state index >= 15 is 0 Å². The quantitative estimate of drug-likeness (QED) is 0.796. The molecular weight excluding hydrogens is 266 g/mol. The highest BCUT2D eigenvalue weighted by Gasteiger charge is 2.51. The van der Waals surface area contributed by atoms with Gasteiger partial charge < -0.3 is 14.3 Å². The van der Waals surface area contributed by atoms with Crippen LogP contribution in [0.5, 0.6) is 0 Å². The topological polar surface area (TPSA) is 59.3 Å². The van der Waals surface area contributed by atoms with Crippen molar-refractivity contribution in [3.8, 4) is 6.07 Å². The van der Waals surface area contributed by atoms with E-state index in [-0.39, 0.29) is 12.0 Å². The first-order valence-electron chi connectivity index (χ1n) is 6.76. The van der Waals surface area contributed by atoms with Crippen LogP contribution in [0.3, 0.4) is 0 Å². The number of aldehydes is 1. The second-order valence-corrected chi connectivity index (χ2v) is 5.25. The van der Waals surface area contributed by atoms with Gasteiger partial charge in [-0.05, 0) is 11.6 Å². The zero-order valence-electron chi connectivity index (χ0n) is 11.7. The summed E-state index contributed by atoms with van der Waals surface area (Å²) in [7, 11) is 1.52. The van der Waals surface area contributed by atoms with Crippen LogP contribution < -0.4 is 0 Å². The molecule has 0 aromatic heterocycles. The van der Waals surface area contributed by atoms with Crippen LogP contribution in [0.25, 0.3) is 0 Å². The molecule has 0 saturated carbocycles. The number of carbonyl (C=O) groups excluding carboxylic acids is 1. The van der Waals surface area contributed by atoms with Crippen molar-refractivity contribution in [3.63, 3.8) is 0 Å². The van der Waals surface area contributed by atoms with Crippen LogP contribution in [-0.4, -0.2) is 26.1 Å². The van der Waals surface area contributed by atoms with Gasteiger partial charge in [0.05, 0.1) is 30.8 Å². The molecule has 0 amide bonds. The van der Waals surface area contributed by atoms with Crippen molar-refractivity contribution in [1.82, 2.24) is 0 Å². The van der Waals surface area contributed by atoms with E-state index < -0.39 is 5.41 Å². The Hall–Kier alpha value is -2.38. The number of ether oxygens (including phenoxy) is 2. The Labute approximate surface area is 123 Å². The third-order valence-electron chi connectivity index (χ3n) is 4.25. The first kappa shape index (κ1) is 13.6. The molecule has 3 rings (SSSR count). The molecular formula is C17H15NO3. The number of carbonyl (C=O) groups is 1. The molecule has 4 nitrogen and oxygen atoms in total. The number of allylic oxidation sites excluding steroid dienone is 1. The number of nitriles is 1. The van der Waals surface area contributed by atoms with Gasteiger partial charge in [-0.15, -0.1) is 0 Å². The molecule has 1 aromatic carbocycles. The summed E-state index contributed by atoms with van der Waals surface area (Å²) in [5, 5.41) is 9.26. The number of hydrogen-bond acceptors (Lipinski definition) is 4. The van der Waals surface area contributed by atoms with Crippen molar-refractivity contribution in [3.05, 3.63) is 59.4 Å². The third-order valence-corrected chi connectivity index (χ3v) is 4.25. The maximum absolute atomic E-state index is 11.9. The Bertz CT molecular complexity index is 656. The molecule has 0 radical (unpaired) electrons. The molecule has 1 aliphatic heterocycles. The number of fused-ring (bicyclic) bond motifs is 1. The van der Waals surface area contributed by atoms with Crippen molar-refractivity contribution in [2.75, 3.05) is 13.7 Å². The average molecular weight is 281 g/mol. The van der Waals surface area contributed by atoms with E-state index in [1.54, 1.807) is 12.2 Å². The Morgan fingerprint density at radius 3 is 2.76 bits per heavy atom. The number of rotatable bonds is 3. The molecule has 21 heavy (non-hydrogen) atoms. The molecule has 1 heterocycles. The number of benzene rings is 1.